The summed E-state index contributed by atoms with van der Waals surface area (Å²) in [5.41, 5.74) is -0.448. The maximum atomic E-state index is 13.0. The number of amides is 1. The molecule has 1 aromatic carbocycles. The number of carbonyl (C=O) groups is 1. The van der Waals surface area contributed by atoms with Crippen LogP contribution in [0.2, 0.25) is 0 Å². The molecule has 1 amide bonds. The SMILES string of the molecule is CCC(NS(=O)(=O)c1ccc(F)cc1)C(=O)NC(C)(C)CC(C)(C)C. The second kappa shape index (κ2) is 7.83. The number of sulfonamides is 1. The van der Waals surface area contributed by atoms with E-state index < -0.39 is 27.4 Å². The number of rotatable bonds is 7. The molecule has 1 unspecified atom stereocenters. The maximum absolute atomic E-state index is 13.0. The molecule has 0 bridgehead atoms. The number of nitrogens with one attached hydrogen (secondary N) is 2. The van der Waals surface area contributed by atoms with Crippen molar-refractivity contribution in [2.75, 3.05) is 0 Å². The predicted molar refractivity (Wildman–Crippen MR) is 97.1 cm³/mol. The van der Waals surface area contributed by atoms with Crippen LogP contribution in [0.25, 0.3) is 0 Å². The molecular formula is C18H29FN2O3S. The van der Waals surface area contributed by atoms with Crippen LogP contribution >= 0.6 is 0 Å². The Bertz CT molecular complexity index is 692. The molecule has 0 aliphatic rings. The van der Waals surface area contributed by atoms with Crippen molar-refractivity contribution in [3.8, 4) is 0 Å². The lowest BCUT2D eigenvalue weighted by atomic mass is 9.81. The summed E-state index contributed by atoms with van der Waals surface area (Å²) in [5, 5.41) is 2.92. The molecule has 7 heteroatoms. The van der Waals surface area contributed by atoms with Gasteiger partial charge >= 0.3 is 0 Å². The van der Waals surface area contributed by atoms with Gasteiger partial charge in [0.25, 0.3) is 0 Å². The third-order valence-electron chi connectivity index (χ3n) is 3.58. The van der Waals surface area contributed by atoms with Gasteiger partial charge in [-0.15, -0.1) is 0 Å². The number of carbonyl (C=O) groups excluding carboxylic acids is 1. The second-order valence-corrected chi connectivity index (χ2v) is 9.86. The Morgan fingerprint density at radius 3 is 2.08 bits per heavy atom. The van der Waals surface area contributed by atoms with Crippen molar-refractivity contribution in [3.05, 3.63) is 30.1 Å². The summed E-state index contributed by atoms with van der Waals surface area (Å²) in [7, 11) is -3.90. The van der Waals surface area contributed by atoms with Gasteiger partial charge in [-0.25, -0.2) is 12.8 Å². The Labute approximate surface area is 150 Å². The number of hydrogen-bond donors (Lipinski definition) is 2. The first-order chi connectivity index (χ1) is 11.3. The monoisotopic (exact) mass is 372 g/mol. The standard InChI is InChI=1S/C18H29FN2O3S/c1-7-15(16(22)20-18(5,6)12-17(2,3)4)21-25(23,24)14-10-8-13(19)9-11-14/h8-11,15,21H,7,12H2,1-6H3,(H,20,22). The first kappa shape index (κ1) is 21.6. The molecule has 0 radical (unpaired) electrons. The average Bonchev–Trinajstić information content (AvgIpc) is 2.41. The van der Waals surface area contributed by atoms with Crippen molar-refractivity contribution in [3.63, 3.8) is 0 Å². The van der Waals surface area contributed by atoms with Crippen LogP contribution in [0.1, 0.15) is 54.4 Å². The highest BCUT2D eigenvalue weighted by atomic mass is 32.2. The van der Waals surface area contributed by atoms with Crippen LogP contribution in [-0.2, 0) is 14.8 Å². The van der Waals surface area contributed by atoms with Crippen molar-refractivity contribution in [2.24, 2.45) is 5.41 Å². The summed E-state index contributed by atoms with van der Waals surface area (Å²) in [5.74, 6) is -0.893. The third-order valence-corrected chi connectivity index (χ3v) is 5.07. The van der Waals surface area contributed by atoms with Gasteiger partial charge in [0.05, 0.1) is 4.90 Å². The largest absolute Gasteiger partial charge is 0.350 e. The molecule has 0 aliphatic carbocycles. The summed E-state index contributed by atoms with van der Waals surface area (Å²) >= 11 is 0. The van der Waals surface area contributed by atoms with Gasteiger partial charge in [0, 0.05) is 5.54 Å². The number of halogens is 1. The zero-order valence-electron chi connectivity index (χ0n) is 15.8. The molecule has 1 aromatic rings. The quantitative estimate of drug-likeness (QED) is 0.772. The molecule has 5 nitrogen and oxygen atoms in total. The van der Waals surface area contributed by atoms with Crippen LogP contribution in [0, 0.1) is 11.2 Å². The van der Waals surface area contributed by atoms with Gasteiger partial charge in [0.1, 0.15) is 11.9 Å². The van der Waals surface area contributed by atoms with Gasteiger partial charge in [0.2, 0.25) is 15.9 Å². The molecule has 0 fully saturated rings. The van der Waals surface area contributed by atoms with Gasteiger partial charge in [-0.3, -0.25) is 4.79 Å². The van der Waals surface area contributed by atoms with Gasteiger partial charge in [0.15, 0.2) is 0 Å². The van der Waals surface area contributed by atoms with Gasteiger partial charge in [-0.05, 0) is 56.4 Å². The van der Waals surface area contributed by atoms with Crippen molar-refractivity contribution in [1.82, 2.24) is 10.0 Å². The van der Waals surface area contributed by atoms with E-state index in [9.17, 15) is 17.6 Å². The topological polar surface area (TPSA) is 75.3 Å². The van der Waals surface area contributed by atoms with Crippen molar-refractivity contribution in [1.29, 1.82) is 0 Å². The highest BCUT2D eigenvalue weighted by Gasteiger charge is 2.31. The minimum absolute atomic E-state index is 0.0199. The lowest BCUT2D eigenvalue weighted by Gasteiger charge is -2.34. The summed E-state index contributed by atoms with van der Waals surface area (Å²) in [6.45, 7) is 11.8. The fourth-order valence-corrected chi connectivity index (χ4v) is 4.26. The zero-order chi connectivity index (χ0) is 19.5. The van der Waals surface area contributed by atoms with E-state index in [4.69, 9.17) is 0 Å². The van der Waals surface area contributed by atoms with Crippen LogP contribution in [0.3, 0.4) is 0 Å². The molecule has 0 spiro atoms. The van der Waals surface area contributed by atoms with Crippen LogP contribution < -0.4 is 10.0 Å². The van der Waals surface area contributed by atoms with E-state index in [-0.39, 0.29) is 16.2 Å². The Kier molecular flexibility index (Phi) is 6.75. The number of hydrogen-bond acceptors (Lipinski definition) is 3. The van der Waals surface area contributed by atoms with E-state index in [0.29, 0.717) is 6.42 Å². The molecule has 0 aromatic heterocycles. The Morgan fingerprint density at radius 2 is 1.64 bits per heavy atom. The zero-order valence-corrected chi connectivity index (χ0v) is 16.6. The van der Waals surface area contributed by atoms with Crippen LogP contribution in [-0.4, -0.2) is 25.9 Å². The fraction of sp³-hybridized carbons (Fsp3) is 0.611. The number of benzene rings is 1. The molecule has 0 aliphatic heterocycles. The maximum Gasteiger partial charge on any atom is 0.241 e. The molecular weight excluding hydrogens is 343 g/mol. The highest BCUT2D eigenvalue weighted by Crippen LogP contribution is 2.27. The van der Waals surface area contributed by atoms with Gasteiger partial charge in [-0.1, -0.05) is 27.7 Å². The summed E-state index contributed by atoms with van der Waals surface area (Å²) in [6.07, 6.45) is 1.05. The fourth-order valence-electron chi connectivity index (χ4n) is 2.98. The molecule has 2 N–H and O–H groups in total. The minimum Gasteiger partial charge on any atom is -0.350 e. The molecule has 0 saturated heterocycles. The Balaban J connectivity index is 2.87. The van der Waals surface area contributed by atoms with E-state index in [1.54, 1.807) is 6.92 Å². The van der Waals surface area contributed by atoms with E-state index in [0.717, 1.165) is 18.6 Å². The molecule has 1 rings (SSSR count). The van der Waals surface area contributed by atoms with E-state index in [2.05, 4.69) is 30.8 Å². The summed E-state index contributed by atoms with van der Waals surface area (Å²) in [4.78, 5) is 12.5. The lowest BCUT2D eigenvalue weighted by molar-refractivity contribution is -0.124. The molecule has 0 saturated carbocycles. The van der Waals surface area contributed by atoms with E-state index >= 15 is 0 Å². The van der Waals surface area contributed by atoms with Crippen LogP contribution in [0.15, 0.2) is 29.2 Å². The van der Waals surface area contributed by atoms with Crippen molar-refractivity contribution >= 4 is 15.9 Å². The minimum atomic E-state index is -3.90. The first-order valence-electron chi connectivity index (χ1n) is 8.36. The van der Waals surface area contributed by atoms with Crippen LogP contribution in [0.5, 0.6) is 0 Å². The van der Waals surface area contributed by atoms with E-state index in [1.807, 2.05) is 13.8 Å². The average molecular weight is 373 g/mol. The van der Waals surface area contributed by atoms with Gasteiger partial charge in [-0.2, -0.15) is 4.72 Å². The molecule has 25 heavy (non-hydrogen) atoms. The normalized spacial score (nSPS) is 14.2. The first-order valence-corrected chi connectivity index (χ1v) is 9.84. The third kappa shape index (κ3) is 7.12. The predicted octanol–water partition coefficient (Wildman–Crippen LogP) is 3.21. The second-order valence-electron chi connectivity index (χ2n) is 8.15. The molecule has 1 atom stereocenters. The Hall–Kier alpha value is -1.47. The summed E-state index contributed by atoms with van der Waals surface area (Å²) < 4.78 is 40.2. The smallest absolute Gasteiger partial charge is 0.241 e. The molecule has 142 valence electrons. The highest BCUT2D eigenvalue weighted by molar-refractivity contribution is 7.89. The lowest BCUT2D eigenvalue weighted by Crippen LogP contribution is -2.53. The summed E-state index contributed by atoms with van der Waals surface area (Å²) in [6, 6.07) is 3.59. The Morgan fingerprint density at radius 1 is 1.12 bits per heavy atom. The van der Waals surface area contributed by atoms with E-state index in [1.165, 1.54) is 12.1 Å². The molecule has 0 heterocycles. The van der Waals surface area contributed by atoms with Crippen molar-refractivity contribution in [2.45, 2.75) is 70.9 Å². The van der Waals surface area contributed by atoms with Crippen molar-refractivity contribution < 1.29 is 17.6 Å². The van der Waals surface area contributed by atoms with Crippen LogP contribution in [0.4, 0.5) is 4.39 Å². The van der Waals surface area contributed by atoms with Gasteiger partial charge < -0.3 is 5.32 Å².